The number of carbonyl (C=O) groups excluding carboxylic acids is 1. The van der Waals surface area contributed by atoms with Crippen LogP contribution in [0.1, 0.15) is 25.7 Å². The third-order valence-corrected chi connectivity index (χ3v) is 4.53. The Morgan fingerprint density at radius 3 is 2.76 bits per heavy atom. The molecule has 0 bridgehead atoms. The molecule has 3 atom stereocenters. The van der Waals surface area contributed by atoms with Crippen LogP contribution >= 0.6 is 24.8 Å². The normalized spacial score (nSPS) is 28.8. The third kappa shape index (κ3) is 5.91. The molecule has 126 valence electrons. The molecule has 2 fully saturated rings. The van der Waals surface area contributed by atoms with Gasteiger partial charge >= 0.3 is 0 Å². The number of hydrogen-bond acceptors (Lipinski definition) is 4. The first-order chi connectivity index (χ1) is 9.24. The predicted molar refractivity (Wildman–Crippen MR) is 89.2 cm³/mol. The molecular formula is C14H29Cl2N3O2. The summed E-state index contributed by atoms with van der Waals surface area (Å²) in [5.41, 5.74) is 5.74. The van der Waals surface area contributed by atoms with Crippen LogP contribution in [-0.2, 0) is 9.53 Å². The molecule has 0 aromatic rings. The number of rotatable bonds is 6. The Morgan fingerprint density at radius 1 is 1.33 bits per heavy atom. The van der Waals surface area contributed by atoms with Crippen LogP contribution in [0.4, 0.5) is 0 Å². The minimum atomic E-state index is 0. The first-order valence-corrected chi connectivity index (χ1v) is 7.46. The van der Waals surface area contributed by atoms with Gasteiger partial charge in [0.05, 0.1) is 6.61 Å². The van der Waals surface area contributed by atoms with Crippen LogP contribution < -0.4 is 11.1 Å². The van der Waals surface area contributed by atoms with Crippen LogP contribution in [0, 0.1) is 11.8 Å². The molecule has 0 spiro atoms. The second kappa shape index (κ2) is 10.6. The Hall–Kier alpha value is -0.0700. The SMILES string of the molecule is COCCN1CCC(NC(=O)[C@@H]2CCC[C@@H]2CN)C1.Cl.Cl. The van der Waals surface area contributed by atoms with Crippen molar-refractivity contribution in [3.63, 3.8) is 0 Å². The van der Waals surface area contributed by atoms with Crippen molar-refractivity contribution >= 4 is 30.7 Å². The van der Waals surface area contributed by atoms with Crippen LogP contribution in [0.15, 0.2) is 0 Å². The molecule has 1 heterocycles. The quantitative estimate of drug-likeness (QED) is 0.757. The number of likely N-dealkylation sites (tertiary alicyclic amines) is 1. The largest absolute Gasteiger partial charge is 0.383 e. The third-order valence-electron chi connectivity index (χ3n) is 4.53. The van der Waals surface area contributed by atoms with E-state index < -0.39 is 0 Å². The zero-order valence-electron chi connectivity index (χ0n) is 12.8. The summed E-state index contributed by atoms with van der Waals surface area (Å²) in [6.07, 6.45) is 4.31. The molecular weight excluding hydrogens is 313 g/mol. The Labute approximate surface area is 140 Å². The van der Waals surface area contributed by atoms with Gasteiger partial charge in [-0.1, -0.05) is 6.42 Å². The summed E-state index contributed by atoms with van der Waals surface area (Å²) < 4.78 is 5.09. The number of amides is 1. The molecule has 0 radical (unpaired) electrons. The van der Waals surface area contributed by atoms with Crippen molar-refractivity contribution < 1.29 is 9.53 Å². The van der Waals surface area contributed by atoms with E-state index in [1.54, 1.807) is 7.11 Å². The van der Waals surface area contributed by atoms with Crippen molar-refractivity contribution in [2.24, 2.45) is 17.6 Å². The van der Waals surface area contributed by atoms with Crippen LogP contribution in [0.2, 0.25) is 0 Å². The number of hydrogen-bond donors (Lipinski definition) is 2. The van der Waals surface area contributed by atoms with Gasteiger partial charge in [-0.05, 0) is 31.7 Å². The van der Waals surface area contributed by atoms with E-state index in [2.05, 4.69) is 10.2 Å². The van der Waals surface area contributed by atoms with Crippen LogP contribution in [0.3, 0.4) is 0 Å². The average Bonchev–Trinajstić information content (AvgIpc) is 3.04. The lowest BCUT2D eigenvalue weighted by atomic mass is 9.95. The molecule has 7 heteroatoms. The molecule has 1 unspecified atom stereocenters. The Morgan fingerprint density at radius 2 is 2.10 bits per heavy atom. The molecule has 1 amide bonds. The predicted octanol–water partition coefficient (Wildman–Crippen LogP) is 1.04. The molecule has 3 N–H and O–H groups in total. The van der Waals surface area contributed by atoms with Gasteiger partial charge in [-0.15, -0.1) is 24.8 Å². The first kappa shape index (κ1) is 20.9. The highest BCUT2D eigenvalue weighted by atomic mass is 35.5. The number of methoxy groups -OCH3 is 1. The van der Waals surface area contributed by atoms with Crippen molar-refractivity contribution in [1.29, 1.82) is 0 Å². The average molecular weight is 342 g/mol. The van der Waals surface area contributed by atoms with E-state index in [-0.39, 0.29) is 36.6 Å². The molecule has 1 saturated carbocycles. The molecule has 5 nitrogen and oxygen atoms in total. The van der Waals surface area contributed by atoms with E-state index in [1.165, 1.54) is 0 Å². The van der Waals surface area contributed by atoms with E-state index in [1.807, 2.05) is 0 Å². The van der Waals surface area contributed by atoms with E-state index >= 15 is 0 Å². The second-order valence-corrected chi connectivity index (χ2v) is 5.82. The lowest BCUT2D eigenvalue weighted by Crippen LogP contribution is -2.42. The van der Waals surface area contributed by atoms with Crippen LogP contribution in [0.25, 0.3) is 0 Å². The van der Waals surface area contributed by atoms with Gasteiger partial charge in [0.1, 0.15) is 0 Å². The maximum absolute atomic E-state index is 12.3. The summed E-state index contributed by atoms with van der Waals surface area (Å²) in [6, 6.07) is 0.309. The fraction of sp³-hybridized carbons (Fsp3) is 0.929. The highest BCUT2D eigenvalue weighted by Crippen LogP contribution is 2.31. The van der Waals surface area contributed by atoms with E-state index in [0.29, 0.717) is 18.5 Å². The number of nitrogens with one attached hydrogen (secondary N) is 1. The Balaban J connectivity index is 0.00000200. The molecule has 0 aromatic heterocycles. The lowest BCUT2D eigenvalue weighted by molar-refractivity contribution is -0.126. The minimum absolute atomic E-state index is 0. The van der Waals surface area contributed by atoms with Crippen molar-refractivity contribution in [2.45, 2.75) is 31.7 Å². The zero-order chi connectivity index (χ0) is 13.7. The number of carbonyl (C=O) groups is 1. The highest BCUT2D eigenvalue weighted by Gasteiger charge is 2.33. The summed E-state index contributed by atoms with van der Waals surface area (Å²) in [7, 11) is 1.72. The van der Waals surface area contributed by atoms with E-state index in [4.69, 9.17) is 10.5 Å². The van der Waals surface area contributed by atoms with Crippen molar-refractivity contribution in [1.82, 2.24) is 10.2 Å². The summed E-state index contributed by atoms with van der Waals surface area (Å²) in [5, 5.41) is 3.21. The van der Waals surface area contributed by atoms with Crippen molar-refractivity contribution in [3.05, 3.63) is 0 Å². The second-order valence-electron chi connectivity index (χ2n) is 5.82. The Bertz CT molecular complexity index is 308. The summed E-state index contributed by atoms with van der Waals surface area (Å²) in [4.78, 5) is 14.6. The fourth-order valence-electron chi connectivity index (χ4n) is 3.35. The summed E-state index contributed by atoms with van der Waals surface area (Å²) in [5.74, 6) is 0.774. The molecule has 1 aliphatic heterocycles. The smallest absolute Gasteiger partial charge is 0.223 e. The van der Waals surface area contributed by atoms with Crippen LogP contribution in [0.5, 0.6) is 0 Å². The van der Waals surface area contributed by atoms with Gasteiger partial charge in [-0.3, -0.25) is 9.69 Å². The topological polar surface area (TPSA) is 67.6 Å². The number of nitrogens with two attached hydrogens (primary N) is 1. The monoisotopic (exact) mass is 341 g/mol. The van der Waals surface area contributed by atoms with Crippen molar-refractivity contribution in [3.8, 4) is 0 Å². The van der Waals surface area contributed by atoms with E-state index in [0.717, 1.165) is 51.9 Å². The highest BCUT2D eigenvalue weighted by molar-refractivity contribution is 5.85. The van der Waals surface area contributed by atoms with Gasteiger partial charge in [-0.25, -0.2) is 0 Å². The van der Waals surface area contributed by atoms with Gasteiger partial charge in [0.2, 0.25) is 5.91 Å². The molecule has 2 rings (SSSR count). The first-order valence-electron chi connectivity index (χ1n) is 7.46. The van der Waals surface area contributed by atoms with E-state index in [9.17, 15) is 4.79 Å². The number of ether oxygens (including phenoxy) is 1. The standard InChI is InChI=1S/C14H27N3O2.2ClH/c1-19-8-7-17-6-5-12(10-17)16-14(18)13-4-2-3-11(13)9-15;;/h11-13H,2-10,15H2,1H3,(H,16,18);2*1H/t11-,12?,13-;;/m1../s1. The minimum Gasteiger partial charge on any atom is -0.383 e. The Kier molecular flexibility index (Phi) is 10.6. The van der Waals surface area contributed by atoms with Gasteiger partial charge in [-0.2, -0.15) is 0 Å². The number of halogens is 2. The molecule has 0 aromatic carbocycles. The molecule has 1 aliphatic carbocycles. The maximum atomic E-state index is 12.3. The number of nitrogens with zero attached hydrogens (tertiary/aromatic N) is 1. The molecule has 1 saturated heterocycles. The van der Waals surface area contributed by atoms with Gasteiger partial charge in [0.25, 0.3) is 0 Å². The molecule has 2 aliphatic rings. The van der Waals surface area contributed by atoms with Crippen LogP contribution in [-0.4, -0.2) is 56.7 Å². The van der Waals surface area contributed by atoms with Gasteiger partial charge in [0, 0.05) is 38.7 Å². The summed E-state index contributed by atoms with van der Waals surface area (Å²) in [6.45, 7) is 4.37. The van der Waals surface area contributed by atoms with Crippen molar-refractivity contribution in [2.75, 3.05) is 39.9 Å². The lowest BCUT2D eigenvalue weighted by Gasteiger charge is -2.21. The van der Waals surface area contributed by atoms with Gasteiger partial charge in [0.15, 0.2) is 0 Å². The maximum Gasteiger partial charge on any atom is 0.223 e. The zero-order valence-corrected chi connectivity index (χ0v) is 14.4. The summed E-state index contributed by atoms with van der Waals surface area (Å²) >= 11 is 0. The fourth-order valence-corrected chi connectivity index (χ4v) is 3.35. The molecule has 21 heavy (non-hydrogen) atoms. The van der Waals surface area contributed by atoms with Gasteiger partial charge < -0.3 is 15.8 Å².